The largest absolute Gasteiger partial charge is 0.393 e. The normalized spacial score (nSPS) is 25.2. The molecule has 1 aliphatic rings. The minimum atomic E-state index is -4.09. The molecule has 3 atom stereocenters. The van der Waals surface area contributed by atoms with Crippen LogP contribution in [0.25, 0.3) is 0 Å². The van der Waals surface area contributed by atoms with Gasteiger partial charge in [-0.05, 0) is 38.4 Å². The molecule has 1 saturated carbocycles. The zero-order valence-electron chi connectivity index (χ0n) is 12.5. The van der Waals surface area contributed by atoms with E-state index in [2.05, 4.69) is 10.2 Å². The minimum Gasteiger partial charge on any atom is -0.311 e. The summed E-state index contributed by atoms with van der Waals surface area (Å²) in [5, 5.41) is 5.20. The lowest BCUT2D eigenvalue weighted by Gasteiger charge is -2.35. The quantitative estimate of drug-likeness (QED) is 0.880. The van der Waals surface area contributed by atoms with E-state index in [4.69, 9.17) is 0 Å². The number of hydrogen-bond donors (Lipinski definition) is 1. The summed E-state index contributed by atoms with van der Waals surface area (Å²) in [6, 6.07) is 3.70. The van der Waals surface area contributed by atoms with Crippen LogP contribution in [0.4, 0.5) is 13.2 Å². The first kappa shape index (κ1) is 16.8. The van der Waals surface area contributed by atoms with Crippen molar-refractivity contribution in [2.24, 2.45) is 5.92 Å². The van der Waals surface area contributed by atoms with Crippen LogP contribution in [0.2, 0.25) is 0 Å². The van der Waals surface area contributed by atoms with Gasteiger partial charge in [-0.25, -0.2) is 0 Å². The summed E-state index contributed by atoms with van der Waals surface area (Å²) in [5.41, 5.74) is 0. The standard InChI is InChI=1S/C15H23F3N2S/c1-20(2)13(14-8-5-9-21-14)10-19-12-7-4-3-6-11(12)15(16,17)18/h5,8-9,11-13,19H,3-4,6-7,10H2,1-2H3. The number of rotatable bonds is 5. The molecule has 0 amide bonds. The third-order valence-electron chi connectivity index (χ3n) is 4.25. The summed E-state index contributed by atoms with van der Waals surface area (Å²) in [4.78, 5) is 3.25. The van der Waals surface area contributed by atoms with E-state index < -0.39 is 18.1 Å². The van der Waals surface area contributed by atoms with Crippen molar-refractivity contribution in [1.29, 1.82) is 0 Å². The Balaban J connectivity index is 1.99. The highest BCUT2D eigenvalue weighted by Gasteiger charge is 2.45. The van der Waals surface area contributed by atoms with Crippen molar-refractivity contribution in [3.8, 4) is 0 Å². The molecule has 6 heteroatoms. The minimum absolute atomic E-state index is 0.126. The van der Waals surface area contributed by atoms with Gasteiger partial charge in [-0.3, -0.25) is 0 Å². The number of hydrogen-bond acceptors (Lipinski definition) is 3. The molecule has 0 aliphatic heterocycles. The highest BCUT2D eigenvalue weighted by atomic mass is 32.1. The molecule has 0 saturated heterocycles. The van der Waals surface area contributed by atoms with Gasteiger partial charge in [-0.15, -0.1) is 11.3 Å². The Hall–Kier alpha value is -0.590. The van der Waals surface area contributed by atoms with Gasteiger partial charge in [-0.2, -0.15) is 13.2 Å². The molecule has 1 aliphatic carbocycles. The maximum absolute atomic E-state index is 13.1. The molecule has 1 aromatic heterocycles. The van der Waals surface area contributed by atoms with Gasteiger partial charge in [0, 0.05) is 17.5 Å². The highest BCUT2D eigenvalue weighted by Crippen LogP contribution is 2.38. The van der Waals surface area contributed by atoms with Gasteiger partial charge >= 0.3 is 6.18 Å². The van der Waals surface area contributed by atoms with Gasteiger partial charge in [0.2, 0.25) is 0 Å². The number of thiophene rings is 1. The zero-order chi connectivity index (χ0) is 15.5. The van der Waals surface area contributed by atoms with Crippen LogP contribution in [0.1, 0.15) is 36.6 Å². The van der Waals surface area contributed by atoms with E-state index in [9.17, 15) is 13.2 Å². The van der Waals surface area contributed by atoms with Gasteiger partial charge < -0.3 is 10.2 Å². The van der Waals surface area contributed by atoms with Crippen LogP contribution in [-0.4, -0.2) is 37.8 Å². The Bertz CT molecular complexity index is 417. The van der Waals surface area contributed by atoms with Crippen LogP contribution in [0.15, 0.2) is 17.5 Å². The lowest BCUT2D eigenvalue weighted by atomic mass is 9.84. The fraction of sp³-hybridized carbons (Fsp3) is 0.733. The molecular formula is C15H23F3N2S. The van der Waals surface area contributed by atoms with Gasteiger partial charge in [0.1, 0.15) is 0 Å². The predicted octanol–water partition coefficient (Wildman–Crippen LogP) is 4.06. The van der Waals surface area contributed by atoms with Gasteiger partial charge in [0.05, 0.1) is 12.0 Å². The van der Waals surface area contributed by atoms with Crippen molar-refractivity contribution in [3.05, 3.63) is 22.4 Å². The molecule has 21 heavy (non-hydrogen) atoms. The molecule has 1 N–H and O–H groups in total. The molecule has 1 fully saturated rings. The van der Waals surface area contributed by atoms with E-state index in [1.807, 2.05) is 31.6 Å². The van der Waals surface area contributed by atoms with Crippen LogP contribution in [0.3, 0.4) is 0 Å². The molecule has 0 spiro atoms. The Morgan fingerprint density at radius 1 is 1.33 bits per heavy atom. The lowest BCUT2D eigenvalue weighted by Crippen LogP contribution is -2.47. The van der Waals surface area contributed by atoms with E-state index in [1.54, 1.807) is 11.3 Å². The third-order valence-corrected chi connectivity index (χ3v) is 5.23. The first-order valence-electron chi connectivity index (χ1n) is 7.39. The van der Waals surface area contributed by atoms with Crippen LogP contribution < -0.4 is 5.32 Å². The molecular weight excluding hydrogens is 297 g/mol. The third kappa shape index (κ3) is 4.44. The number of halogens is 3. The summed E-state index contributed by atoms with van der Waals surface area (Å²) < 4.78 is 39.3. The SMILES string of the molecule is CN(C)C(CNC1CCCCC1C(F)(F)F)c1cccs1. The van der Waals surface area contributed by atoms with Crippen LogP contribution >= 0.6 is 11.3 Å². The van der Waals surface area contributed by atoms with Crippen LogP contribution in [0, 0.1) is 5.92 Å². The number of alkyl halides is 3. The summed E-state index contributed by atoms with van der Waals surface area (Å²) in [7, 11) is 3.93. The van der Waals surface area contributed by atoms with Crippen molar-refractivity contribution in [2.75, 3.05) is 20.6 Å². The second-order valence-electron chi connectivity index (χ2n) is 5.94. The maximum atomic E-state index is 13.1. The molecule has 120 valence electrons. The van der Waals surface area contributed by atoms with Crippen molar-refractivity contribution >= 4 is 11.3 Å². The van der Waals surface area contributed by atoms with Crippen molar-refractivity contribution < 1.29 is 13.2 Å². The smallest absolute Gasteiger partial charge is 0.311 e. The van der Waals surface area contributed by atoms with E-state index in [0.717, 1.165) is 6.42 Å². The summed E-state index contributed by atoms with van der Waals surface area (Å²) in [6.07, 6.45) is -1.64. The average Bonchev–Trinajstić information content (AvgIpc) is 2.92. The van der Waals surface area contributed by atoms with E-state index in [0.29, 0.717) is 19.4 Å². The monoisotopic (exact) mass is 320 g/mol. The Labute approximate surface area is 128 Å². The number of likely N-dealkylation sites (N-methyl/N-ethyl adjacent to an activating group) is 1. The van der Waals surface area contributed by atoms with Gasteiger partial charge in [0.15, 0.2) is 0 Å². The second-order valence-corrected chi connectivity index (χ2v) is 6.92. The van der Waals surface area contributed by atoms with Gasteiger partial charge in [-0.1, -0.05) is 18.9 Å². The van der Waals surface area contributed by atoms with Crippen LogP contribution in [-0.2, 0) is 0 Å². The highest BCUT2D eigenvalue weighted by molar-refractivity contribution is 7.10. The van der Waals surface area contributed by atoms with Gasteiger partial charge in [0.25, 0.3) is 0 Å². The summed E-state index contributed by atoms with van der Waals surface area (Å²) in [6.45, 7) is 0.560. The average molecular weight is 320 g/mol. The molecule has 3 unspecified atom stereocenters. The molecule has 2 rings (SSSR count). The Morgan fingerprint density at radius 3 is 2.62 bits per heavy atom. The number of nitrogens with one attached hydrogen (secondary N) is 1. The number of nitrogens with zero attached hydrogens (tertiary/aromatic N) is 1. The summed E-state index contributed by atoms with van der Waals surface area (Å²) in [5.74, 6) is -1.20. The first-order valence-corrected chi connectivity index (χ1v) is 8.27. The molecule has 1 aromatic rings. The topological polar surface area (TPSA) is 15.3 Å². The van der Waals surface area contributed by atoms with E-state index in [-0.39, 0.29) is 12.5 Å². The molecule has 0 bridgehead atoms. The fourth-order valence-electron chi connectivity index (χ4n) is 3.05. The van der Waals surface area contributed by atoms with E-state index in [1.165, 1.54) is 4.88 Å². The Morgan fingerprint density at radius 2 is 2.05 bits per heavy atom. The second kappa shape index (κ2) is 7.11. The molecule has 0 aromatic carbocycles. The lowest BCUT2D eigenvalue weighted by molar-refractivity contribution is -0.189. The molecule has 2 nitrogen and oxygen atoms in total. The van der Waals surface area contributed by atoms with Crippen LogP contribution in [0.5, 0.6) is 0 Å². The molecule has 0 radical (unpaired) electrons. The predicted molar refractivity (Wildman–Crippen MR) is 80.6 cm³/mol. The Kier molecular flexibility index (Phi) is 5.68. The first-order chi connectivity index (χ1) is 9.89. The maximum Gasteiger partial charge on any atom is 0.393 e. The van der Waals surface area contributed by atoms with Crippen molar-refractivity contribution in [3.63, 3.8) is 0 Å². The zero-order valence-corrected chi connectivity index (χ0v) is 13.3. The van der Waals surface area contributed by atoms with E-state index >= 15 is 0 Å². The molecule has 1 heterocycles. The summed E-state index contributed by atoms with van der Waals surface area (Å²) >= 11 is 1.65. The van der Waals surface area contributed by atoms with Crippen molar-refractivity contribution in [1.82, 2.24) is 10.2 Å². The fourth-order valence-corrected chi connectivity index (χ4v) is 3.97. The van der Waals surface area contributed by atoms with Crippen molar-refractivity contribution in [2.45, 2.75) is 43.9 Å².